The Kier molecular flexibility index (Phi) is 6.15. The quantitative estimate of drug-likeness (QED) is 0.379. The van der Waals surface area contributed by atoms with E-state index in [2.05, 4.69) is 5.32 Å². The van der Waals surface area contributed by atoms with E-state index >= 15 is 0 Å². The maximum absolute atomic E-state index is 12.8. The van der Waals surface area contributed by atoms with Crippen LogP contribution in [0.2, 0.25) is 0 Å². The minimum absolute atomic E-state index is 0.00980. The van der Waals surface area contributed by atoms with Gasteiger partial charge in [0.25, 0.3) is 5.91 Å². The van der Waals surface area contributed by atoms with E-state index in [1.165, 1.54) is 18.2 Å². The Morgan fingerprint density at radius 1 is 0.871 bits per heavy atom. The predicted molar refractivity (Wildman–Crippen MR) is 119 cm³/mol. The number of benzene rings is 2. The second kappa shape index (κ2) is 8.63. The van der Waals surface area contributed by atoms with Gasteiger partial charge in [-0.15, -0.1) is 0 Å². The summed E-state index contributed by atoms with van der Waals surface area (Å²) in [5, 5.41) is 43.1. The molecule has 0 unspecified atom stereocenters. The second-order valence-electron chi connectivity index (χ2n) is 8.22. The fourth-order valence-corrected chi connectivity index (χ4v) is 3.52. The third-order valence-electron chi connectivity index (χ3n) is 5.06. The molecule has 7 nitrogen and oxygen atoms in total. The molecule has 7 heteroatoms. The number of carbonyl (C=O) groups excluding carboxylic acids is 1. The van der Waals surface area contributed by atoms with Crippen molar-refractivity contribution in [3.05, 3.63) is 59.3 Å². The number of aromatic hydroxyl groups is 4. The van der Waals surface area contributed by atoms with Crippen molar-refractivity contribution in [1.82, 2.24) is 9.88 Å². The van der Waals surface area contributed by atoms with Gasteiger partial charge in [0, 0.05) is 24.2 Å². The summed E-state index contributed by atoms with van der Waals surface area (Å²) in [4.78, 5) is 12.8. The van der Waals surface area contributed by atoms with Gasteiger partial charge in [0.1, 0.15) is 17.2 Å². The summed E-state index contributed by atoms with van der Waals surface area (Å²) >= 11 is 0. The highest BCUT2D eigenvalue weighted by molar-refractivity contribution is 5.94. The number of rotatable bonds is 6. The molecule has 0 saturated heterocycles. The number of carbonyl (C=O) groups is 1. The Labute approximate surface area is 181 Å². The second-order valence-corrected chi connectivity index (χ2v) is 8.22. The smallest absolute Gasteiger partial charge is 0.268 e. The number of phenolic OH excluding ortho intramolecular Hbond substituents is 4. The molecule has 1 aromatic heterocycles. The van der Waals surface area contributed by atoms with E-state index in [4.69, 9.17) is 0 Å². The highest BCUT2D eigenvalue weighted by atomic mass is 16.3. The number of hydrogen-bond donors (Lipinski definition) is 5. The van der Waals surface area contributed by atoms with Crippen molar-refractivity contribution in [1.29, 1.82) is 0 Å². The van der Waals surface area contributed by atoms with Crippen LogP contribution in [-0.4, -0.2) is 36.9 Å². The third kappa shape index (κ3) is 4.60. The van der Waals surface area contributed by atoms with Crippen LogP contribution in [0, 0.1) is 0 Å². The first kappa shape index (κ1) is 22.1. The lowest BCUT2D eigenvalue weighted by Gasteiger charge is -2.18. The highest BCUT2D eigenvalue weighted by Gasteiger charge is 2.21. The number of nitrogens with zero attached hydrogens (tertiary/aromatic N) is 1. The van der Waals surface area contributed by atoms with Gasteiger partial charge in [-0.3, -0.25) is 4.79 Å². The van der Waals surface area contributed by atoms with Gasteiger partial charge in [-0.25, -0.2) is 0 Å². The lowest BCUT2D eigenvalue weighted by atomic mass is 9.97. The van der Waals surface area contributed by atoms with Crippen LogP contribution < -0.4 is 5.32 Å². The summed E-state index contributed by atoms with van der Waals surface area (Å²) in [7, 11) is 0. The van der Waals surface area contributed by atoms with E-state index in [0.29, 0.717) is 28.1 Å². The zero-order chi connectivity index (χ0) is 22.9. The average molecular weight is 424 g/mol. The minimum Gasteiger partial charge on any atom is -0.508 e. The van der Waals surface area contributed by atoms with Crippen LogP contribution in [0.1, 0.15) is 55.2 Å². The van der Waals surface area contributed by atoms with Crippen molar-refractivity contribution in [3.63, 3.8) is 0 Å². The van der Waals surface area contributed by atoms with Crippen LogP contribution in [0.15, 0.2) is 42.5 Å². The summed E-state index contributed by atoms with van der Waals surface area (Å²) in [5.41, 5.74) is 2.79. The van der Waals surface area contributed by atoms with E-state index in [9.17, 15) is 25.2 Å². The monoisotopic (exact) mass is 424 g/mol. The molecule has 0 aliphatic heterocycles. The Hall–Kier alpha value is -3.61. The lowest BCUT2D eigenvalue weighted by molar-refractivity contribution is 0.0934. The van der Waals surface area contributed by atoms with E-state index in [-0.39, 0.29) is 47.4 Å². The first-order chi connectivity index (χ1) is 14.6. The van der Waals surface area contributed by atoms with Gasteiger partial charge >= 0.3 is 0 Å². The van der Waals surface area contributed by atoms with Crippen molar-refractivity contribution in [2.75, 3.05) is 0 Å². The molecule has 0 radical (unpaired) electrons. The summed E-state index contributed by atoms with van der Waals surface area (Å²) in [6.07, 6.45) is 0. The van der Waals surface area contributed by atoms with Crippen molar-refractivity contribution in [3.8, 4) is 34.3 Å². The van der Waals surface area contributed by atoms with Gasteiger partial charge in [0.15, 0.2) is 11.5 Å². The van der Waals surface area contributed by atoms with Crippen molar-refractivity contribution >= 4 is 5.91 Å². The standard InChI is InChI=1S/C24H28N2O5/c1-13(2)16-10-17(22(29)11-21(16)28)18-6-7-19(24(31)25-14(3)4)26(18)12-15-5-8-20(27)23(30)9-15/h5-11,13-14,27-30H,12H2,1-4H3,(H,25,31). The van der Waals surface area contributed by atoms with Crippen LogP contribution in [0.4, 0.5) is 0 Å². The van der Waals surface area contributed by atoms with Crippen LogP contribution in [0.25, 0.3) is 11.3 Å². The van der Waals surface area contributed by atoms with E-state index < -0.39 is 0 Å². The zero-order valence-electron chi connectivity index (χ0n) is 18.0. The SMILES string of the molecule is CC(C)NC(=O)c1ccc(-c2cc(C(C)C)c(O)cc2O)n1Cc1ccc(O)c(O)c1. The normalized spacial score (nSPS) is 11.3. The largest absolute Gasteiger partial charge is 0.508 e. The number of aromatic nitrogens is 1. The molecular formula is C24H28N2O5. The molecule has 0 aliphatic carbocycles. The molecule has 1 amide bonds. The van der Waals surface area contributed by atoms with E-state index in [1.807, 2.05) is 27.7 Å². The Balaban J connectivity index is 2.17. The van der Waals surface area contributed by atoms with Gasteiger partial charge in [0.05, 0.1) is 5.69 Å². The van der Waals surface area contributed by atoms with Gasteiger partial charge in [-0.1, -0.05) is 19.9 Å². The summed E-state index contributed by atoms with van der Waals surface area (Å²) < 4.78 is 1.74. The fourth-order valence-electron chi connectivity index (χ4n) is 3.52. The minimum atomic E-state index is -0.272. The van der Waals surface area contributed by atoms with Crippen molar-refractivity contribution in [2.45, 2.75) is 46.2 Å². The maximum atomic E-state index is 12.8. The molecule has 1 heterocycles. The lowest BCUT2D eigenvalue weighted by Crippen LogP contribution is -2.32. The maximum Gasteiger partial charge on any atom is 0.268 e. The van der Waals surface area contributed by atoms with Crippen LogP contribution >= 0.6 is 0 Å². The molecule has 0 aliphatic rings. The molecule has 0 saturated carbocycles. The molecule has 3 aromatic rings. The van der Waals surface area contributed by atoms with Gasteiger partial charge in [-0.05, 0) is 61.2 Å². The first-order valence-electron chi connectivity index (χ1n) is 10.2. The van der Waals surface area contributed by atoms with E-state index in [1.54, 1.807) is 28.8 Å². The number of hydrogen-bond acceptors (Lipinski definition) is 5. The molecule has 164 valence electrons. The average Bonchev–Trinajstić information content (AvgIpc) is 3.07. The number of phenols is 4. The molecule has 0 atom stereocenters. The molecule has 0 spiro atoms. The third-order valence-corrected chi connectivity index (χ3v) is 5.06. The van der Waals surface area contributed by atoms with Crippen LogP contribution in [0.5, 0.6) is 23.0 Å². The fraction of sp³-hybridized carbons (Fsp3) is 0.292. The molecule has 0 fully saturated rings. The summed E-state index contributed by atoms with van der Waals surface area (Å²) in [6, 6.07) is 10.9. The van der Waals surface area contributed by atoms with Gasteiger partial charge in [0.2, 0.25) is 0 Å². The van der Waals surface area contributed by atoms with Crippen LogP contribution in [-0.2, 0) is 6.54 Å². The van der Waals surface area contributed by atoms with Gasteiger partial charge < -0.3 is 30.3 Å². The molecule has 3 rings (SSSR count). The molecule has 5 N–H and O–H groups in total. The van der Waals surface area contributed by atoms with Gasteiger partial charge in [-0.2, -0.15) is 0 Å². The Morgan fingerprint density at radius 3 is 2.19 bits per heavy atom. The molecule has 31 heavy (non-hydrogen) atoms. The summed E-state index contributed by atoms with van der Waals surface area (Å²) in [5.74, 6) is -0.825. The summed E-state index contributed by atoms with van der Waals surface area (Å²) in [6.45, 7) is 7.83. The Morgan fingerprint density at radius 2 is 1.58 bits per heavy atom. The highest BCUT2D eigenvalue weighted by Crippen LogP contribution is 2.39. The molecular weight excluding hydrogens is 396 g/mol. The first-order valence-corrected chi connectivity index (χ1v) is 10.2. The predicted octanol–water partition coefficient (Wildman–Crippen LogP) is 4.29. The molecule has 2 aromatic carbocycles. The molecule has 0 bridgehead atoms. The zero-order valence-corrected chi connectivity index (χ0v) is 18.0. The topological polar surface area (TPSA) is 115 Å². The Bertz CT molecular complexity index is 1120. The van der Waals surface area contributed by atoms with Crippen molar-refractivity contribution < 1.29 is 25.2 Å². The number of amides is 1. The van der Waals surface area contributed by atoms with Crippen molar-refractivity contribution in [2.24, 2.45) is 0 Å². The van der Waals surface area contributed by atoms with E-state index in [0.717, 1.165) is 0 Å². The number of nitrogens with one attached hydrogen (secondary N) is 1. The van der Waals surface area contributed by atoms with Crippen LogP contribution in [0.3, 0.4) is 0 Å².